The average Bonchev–Trinajstić information content (AvgIpc) is 2.78. The van der Waals surface area contributed by atoms with Crippen molar-refractivity contribution in [3.63, 3.8) is 0 Å². The summed E-state index contributed by atoms with van der Waals surface area (Å²) in [6.07, 6.45) is 10.5. The third-order valence-electron chi connectivity index (χ3n) is 13.3. The van der Waals surface area contributed by atoms with E-state index in [1.807, 2.05) is 0 Å². The quantitative estimate of drug-likeness (QED) is 0.427. The number of allylic oxidation sites excluding steroid dienone is 1. The maximum absolute atomic E-state index is 13.5. The maximum Gasteiger partial charge on any atom is 0.314 e. The summed E-state index contributed by atoms with van der Waals surface area (Å²) in [4.78, 5) is 13.5. The Labute approximate surface area is 206 Å². The van der Waals surface area contributed by atoms with Crippen LogP contribution in [0.25, 0.3) is 0 Å². The molecule has 192 valence electrons. The van der Waals surface area contributed by atoms with Crippen LogP contribution in [0.3, 0.4) is 0 Å². The lowest BCUT2D eigenvalue weighted by molar-refractivity contribution is -0.223. The smallest absolute Gasteiger partial charge is 0.314 e. The summed E-state index contributed by atoms with van der Waals surface area (Å²) >= 11 is 0. The molecule has 4 nitrogen and oxygen atoms in total. The van der Waals surface area contributed by atoms with Crippen LogP contribution in [0.5, 0.6) is 0 Å². The molecule has 11 unspecified atom stereocenters. The van der Waals surface area contributed by atoms with Gasteiger partial charge in [0, 0.05) is 5.41 Å². The number of fused-ring (bicyclic) bond motifs is 7. The Hall–Kier alpha value is -0.870. The number of aliphatic hydroxyl groups excluding tert-OH is 2. The fraction of sp³-hybridized carbons (Fsp3) is 0.900. The largest absolute Gasteiger partial charge is 0.481 e. The SMILES string of the molecule is CC1CCC2(C)CCC3(C(=O)O)C(=CCC4C5(C)CCC(O)C(C)(CO)C5CCC43C)C2C1C. The highest BCUT2D eigenvalue weighted by Crippen LogP contribution is 2.75. The summed E-state index contributed by atoms with van der Waals surface area (Å²) in [7, 11) is 0. The minimum absolute atomic E-state index is 0.00114. The molecule has 0 radical (unpaired) electrons. The van der Waals surface area contributed by atoms with E-state index in [0.29, 0.717) is 24.2 Å². The van der Waals surface area contributed by atoms with Crippen LogP contribution in [0.4, 0.5) is 0 Å². The normalized spacial score (nSPS) is 56.9. The van der Waals surface area contributed by atoms with Gasteiger partial charge in [0.2, 0.25) is 0 Å². The molecule has 5 rings (SSSR count). The molecule has 0 aromatic carbocycles. The van der Waals surface area contributed by atoms with Gasteiger partial charge >= 0.3 is 5.97 Å². The number of hydrogen-bond donors (Lipinski definition) is 3. The Bertz CT molecular complexity index is 896. The number of aliphatic carboxylic acids is 1. The highest BCUT2D eigenvalue weighted by atomic mass is 16.4. The third kappa shape index (κ3) is 2.76. The van der Waals surface area contributed by atoms with Gasteiger partial charge in [0.1, 0.15) is 0 Å². The van der Waals surface area contributed by atoms with Gasteiger partial charge in [0.25, 0.3) is 0 Å². The third-order valence-corrected chi connectivity index (χ3v) is 13.3. The predicted molar refractivity (Wildman–Crippen MR) is 134 cm³/mol. The molecule has 0 aromatic rings. The summed E-state index contributed by atoms with van der Waals surface area (Å²) in [6.45, 7) is 13.9. The Morgan fingerprint density at radius 2 is 1.68 bits per heavy atom. The van der Waals surface area contributed by atoms with Crippen LogP contribution in [0.2, 0.25) is 0 Å². The number of carboxylic acid groups (broad SMARTS) is 1. The first-order chi connectivity index (χ1) is 15.8. The van der Waals surface area contributed by atoms with Crippen LogP contribution >= 0.6 is 0 Å². The molecule has 11 atom stereocenters. The van der Waals surface area contributed by atoms with Crippen LogP contribution in [0, 0.1) is 56.7 Å². The Kier molecular flexibility index (Phi) is 5.52. The molecule has 0 amide bonds. The molecule has 0 aromatic heterocycles. The van der Waals surface area contributed by atoms with Gasteiger partial charge in [-0.25, -0.2) is 0 Å². The van der Waals surface area contributed by atoms with Crippen LogP contribution in [0.1, 0.15) is 99.3 Å². The molecule has 4 saturated carbocycles. The Morgan fingerprint density at radius 1 is 0.971 bits per heavy atom. The van der Waals surface area contributed by atoms with E-state index >= 15 is 0 Å². The van der Waals surface area contributed by atoms with E-state index in [9.17, 15) is 20.1 Å². The number of carboxylic acids is 1. The Morgan fingerprint density at radius 3 is 2.32 bits per heavy atom. The second kappa shape index (κ2) is 7.57. The number of hydrogen-bond acceptors (Lipinski definition) is 3. The van der Waals surface area contributed by atoms with Crippen molar-refractivity contribution >= 4 is 5.97 Å². The van der Waals surface area contributed by atoms with Crippen molar-refractivity contribution in [2.24, 2.45) is 56.7 Å². The van der Waals surface area contributed by atoms with E-state index in [4.69, 9.17) is 0 Å². The molecule has 0 heterocycles. The molecule has 0 aliphatic heterocycles. The standard InChI is InChI=1S/C30H48O4/c1-18-9-12-26(3)15-16-30(25(33)34)20(24(26)19(18)2)7-8-22-27(4)13-11-23(32)28(5,17-31)21(27)10-14-29(22,30)6/h7,18-19,21-24,31-32H,8-17H2,1-6H3,(H,33,34). The molecule has 5 aliphatic carbocycles. The summed E-state index contributed by atoms with van der Waals surface area (Å²) in [6, 6.07) is 0. The van der Waals surface area contributed by atoms with Gasteiger partial charge in [-0.1, -0.05) is 53.2 Å². The molecule has 0 bridgehead atoms. The van der Waals surface area contributed by atoms with Crippen molar-refractivity contribution in [3.8, 4) is 0 Å². The summed E-state index contributed by atoms with van der Waals surface area (Å²) in [5.74, 6) is 1.39. The monoisotopic (exact) mass is 472 g/mol. The minimum Gasteiger partial charge on any atom is -0.481 e. The molecule has 4 fully saturated rings. The van der Waals surface area contributed by atoms with Crippen molar-refractivity contribution in [1.29, 1.82) is 0 Å². The van der Waals surface area contributed by atoms with Crippen LogP contribution in [0.15, 0.2) is 11.6 Å². The first-order valence-corrected chi connectivity index (χ1v) is 14.0. The molecule has 34 heavy (non-hydrogen) atoms. The summed E-state index contributed by atoms with van der Waals surface area (Å²) < 4.78 is 0. The van der Waals surface area contributed by atoms with E-state index in [0.717, 1.165) is 38.5 Å². The van der Waals surface area contributed by atoms with E-state index in [-0.39, 0.29) is 34.7 Å². The van der Waals surface area contributed by atoms with E-state index in [1.165, 1.54) is 18.4 Å². The first-order valence-electron chi connectivity index (χ1n) is 14.0. The van der Waals surface area contributed by atoms with E-state index in [1.54, 1.807) is 0 Å². The minimum atomic E-state index is -0.787. The number of rotatable bonds is 2. The number of carbonyl (C=O) groups is 1. The van der Waals surface area contributed by atoms with Crippen LogP contribution in [-0.4, -0.2) is 34.0 Å². The maximum atomic E-state index is 13.5. The molecule has 4 heteroatoms. The van der Waals surface area contributed by atoms with Crippen molar-refractivity contribution in [2.75, 3.05) is 6.61 Å². The van der Waals surface area contributed by atoms with Gasteiger partial charge < -0.3 is 15.3 Å². The van der Waals surface area contributed by atoms with Gasteiger partial charge in [-0.15, -0.1) is 0 Å². The molecule has 0 spiro atoms. The summed E-state index contributed by atoms with van der Waals surface area (Å²) in [5.41, 5.74) is -0.173. The van der Waals surface area contributed by atoms with Crippen molar-refractivity contribution < 1.29 is 20.1 Å². The lowest BCUT2D eigenvalue weighted by atomic mass is 9.33. The van der Waals surface area contributed by atoms with Gasteiger partial charge in [0.05, 0.1) is 18.1 Å². The topological polar surface area (TPSA) is 77.8 Å². The number of aliphatic hydroxyl groups is 2. The van der Waals surface area contributed by atoms with Gasteiger partial charge in [-0.2, -0.15) is 0 Å². The molecule has 5 aliphatic rings. The van der Waals surface area contributed by atoms with E-state index < -0.39 is 22.9 Å². The van der Waals surface area contributed by atoms with Crippen molar-refractivity contribution in [2.45, 2.75) is 105 Å². The zero-order chi connectivity index (χ0) is 24.9. The predicted octanol–water partition coefficient (Wildman–Crippen LogP) is 6.06. The lowest BCUT2D eigenvalue weighted by Crippen LogP contribution is -2.67. The second-order valence-electron chi connectivity index (χ2n) is 14.4. The molecular weight excluding hydrogens is 424 g/mol. The molecular formula is C30H48O4. The zero-order valence-corrected chi connectivity index (χ0v) is 22.4. The van der Waals surface area contributed by atoms with Gasteiger partial charge in [0.15, 0.2) is 0 Å². The molecule has 0 saturated heterocycles. The highest BCUT2D eigenvalue weighted by Gasteiger charge is 2.72. The highest BCUT2D eigenvalue weighted by molar-refractivity contribution is 5.81. The fourth-order valence-corrected chi connectivity index (χ4v) is 11.0. The zero-order valence-electron chi connectivity index (χ0n) is 22.4. The van der Waals surface area contributed by atoms with Crippen molar-refractivity contribution in [3.05, 3.63) is 11.6 Å². The second-order valence-corrected chi connectivity index (χ2v) is 14.4. The van der Waals surface area contributed by atoms with Crippen molar-refractivity contribution in [1.82, 2.24) is 0 Å². The van der Waals surface area contributed by atoms with Gasteiger partial charge in [-0.05, 0) is 104 Å². The summed E-state index contributed by atoms with van der Waals surface area (Å²) in [5, 5.41) is 32.4. The van der Waals surface area contributed by atoms with E-state index in [2.05, 4.69) is 47.6 Å². The van der Waals surface area contributed by atoms with Gasteiger partial charge in [-0.3, -0.25) is 4.79 Å². The average molecular weight is 473 g/mol. The van der Waals surface area contributed by atoms with Crippen LogP contribution in [-0.2, 0) is 4.79 Å². The fourth-order valence-electron chi connectivity index (χ4n) is 11.0. The molecule has 3 N–H and O–H groups in total. The first kappa shape index (κ1) is 24.8. The van der Waals surface area contributed by atoms with Crippen LogP contribution < -0.4 is 0 Å². The lowest BCUT2D eigenvalue weighted by Gasteiger charge is -2.70. The Balaban J connectivity index is 1.65.